The molecule has 4 rings (SSSR count). The molecule has 142 valence electrons. The molecule has 4 heteroatoms. The fourth-order valence-corrected chi connectivity index (χ4v) is 4.74. The molecule has 1 aromatic heterocycles. The molecule has 1 unspecified atom stereocenters. The molecule has 1 aliphatic rings. The van der Waals surface area contributed by atoms with Crippen molar-refractivity contribution in [1.82, 2.24) is 4.98 Å². The third-order valence-electron chi connectivity index (χ3n) is 5.60. The summed E-state index contributed by atoms with van der Waals surface area (Å²) in [6.07, 6.45) is 8.18. The van der Waals surface area contributed by atoms with Crippen LogP contribution in [0.1, 0.15) is 45.4 Å². The average molecular weight is 382 g/mol. The van der Waals surface area contributed by atoms with E-state index >= 15 is 0 Å². The molecule has 0 radical (unpaired) electrons. The van der Waals surface area contributed by atoms with Crippen molar-refractivity contribution >= 4 is 21.6 Å². The Morgan fingerprint density at radius 3 is 2.52 bits per heavy atom. The number of rotatable bonds is 7. The lowest BCUT2D eigenvalue weighted by Gasteiger charge is -2.27. The number of nitrogens with zero attached hydrogens (tertiary/aromatic N) is 1. The maximum absolute atomic E-state index is 5.95. The van der Waals surface area contributed by atoms with Gasteiger partial charge in [-0.25, -0.2) is 4.98 Å². The van der Waals surface area contributed by atoms with E-state index in [4.69, 9.17) is 9.47 Å². The van der Waals surface area contributed by atoms with E-state index in [0.29, 0.717) is 5.19 Å². The summed E-state index contributed by atoms with van der Waals surface area (Å²) < 4.78 is 13.0. The molecule has 1 heterocycles. The molecule has 1 atom stereocenters. The Morgan fingerprint density at radius 2 is 1.74 bits per heavy atom. The number of para-hydroxylation sites is 1. The van der Waals surface area contributed by atoms with Crippen molar-refractivity contribution in [2.45, 2.75) is 45.4 Å². The van der Waals surface area contributed by atoms with Gasteiger partial charge in [-0.3, -0.25) is 0 Å². The van der Waals surface area contributed by atoms with Crippen LogP contribution in [0.15, 0.2) is 48.5 Å². The van der Waals surface area contributed by atoms with Crippen molar-refractivity contribution in [2.75, 3.05) is 6.61 Å². The van der Waals surface area contributed by atoms with Crippen molar-refractivity contribution in [1.29, 1.82) is 0 Å². The smallest absolute Gasteiger partial charge is 0.279 e. The first-order valence-corrected chi connectivity index (χ1v) is 10.9. The summed E-state index contributed by atoms with van der Waals surface area (Å²) in [6.45, 7) is 3.17. The predicted octanol–water partition coefficient (Wildman–Crippen LogP) is 7.07. The van der Waals surface area contributed by atoms with Gasteiger partial charge in [-0.2, -0.15) is 0 Å². The largest absolute Gasteiger partial charge is 0.494 e. The van der Waals surface area contributed by atoms with Gasteiger partial charge in [-0.1, -0.05) is 62.5 Å². The van der Waals surface area contributed by atoms with Crippen LogP contribution in [0.4, 0.5) is 0 Å². The second-order valence-electron chi connectivity index (χ2n) is 7.53. The van der Waals surface area contributed by atoms with Crippen molar-refractivity contribution in [2.24, 2.45) is 11.8 Å². The Hall–Kier alpha value is -2.07. The number of benzene rings is 2. The van der Waals surface area contributed by atoms with Crippen LogP contribution in [0, 0.1) is 11.8 Å². The molecule has 1 aliphatic carbocycles. The number of fused-ring (bicyclic) bond motifs is 1. The zero-order chi connectivity index (χ0) is 18.5. The van der Waals surface area contributed by atoms with Gasteiger partial charge in [0.05, 0.1) is 16.8 Å². The molecule has 3 nitrogen and oxygen atoms in total. The maximum atomic E-state index is 5.95. The maximum Gasteiger partial charge on any atom is 0.279 e. The molecule has 2 aromatic carbocycles. The topological polar surface area (TPSA) is 31.4 Å². The van der Waals surface area contributed by atoms with Crippen LogP contribution in [0.5, 0.6) is 16.7 Å². The molecule has 0 spiro atoms. The van der Waals surface area contributed by atoms with Gasteiger partial charge in [-0.05, 0) is 54.7 Å². The molecule has 0 amide bonds. The Bertz CT molecular complexity index is 819. The van der Waals surface area contributed by atoms with E-state index in [9.17, 15) is 0 Å². The van der Waals surface area contributed by atoms with Gasteiger partial charge in [0.1, 0.15) is 11.5 Å². The molecule has 0 N–H and O–H groups in total. The van der Waals surface area contributed by atoms with Crippen LogP contribution < -0.4 is 9.47 Å². The fraction of sp³-hybridized carbons (Fsp3) is 0.435. The molecule has 0 bridgehead atoms. The summed E-state index contributed by atoms with van der Waals surface area (Å²) >= 11 is 1.56. The van der Waals surface area contributed by atoms with Crippen LogP contribution in [-0.4, -0.2) is 11.6 Å². The monoisotopic (exact) mass is 381 g/mol. The molecule has 0 saturated heterocycles. The minimum absolute atomic E-state index is 0.672. The van der Waals surface area contributed by atoms with Crippen LogP contribution in [-0.2, 0) is 0 Å². The summed E-state index contributed by atoms with van der Waals surface area (Å²) in [5.74, 6) is 3.35. The molecule has 1 fully saturated rings. The first-order chi connectivity index (χ1) is 13.3. The second kappa shape index (κ2) is 8.75. The van der Waals surface area contributed by atoms with E-state index in [1.807, 2.05) is 42.5 Å². The van der Waals surface area contributed by atoms with Gasteiger partial charge in [0.25, 0.3) is 5.19 Å². The van der Waals surface area contributed by atoms with Gasteiger partial charge >= 0.3 is 0 Å². The van der Waals surface area contributed by atoms with Gasteiger partial charge in [-0.15, -0.1) is 0 Å². The van der Waals surface area contributed by atoms with Crippen LogP contribution in [0.2, 0.25) is 0 Å². The minimum Gasteiger partial charge on any atom is -0.494 e. The van der Waals surface area contributed by atoms with Crippen LogP contribution >= 0.6 is 11.3 Å². The third kappa shape index (κ3) is 4.81. The highest BCUT2D eigenvalue weighted by Gasteiger charge is 2.19. The quantitative estimate of drug-likeness (QED) is 0.438. The summed E-state index contributed by atoms with van der Waals surface area (Å²) in [5.41, 5.74) is 0.976. The van der Waals surface area contributed by atoms with E-state index in [1.165, 1.54) is 32.1 Å². The highest BCUT2D eigenvalue weighted by molar-refractivity contribution is 7.20. The third-order valence-corrected chi connectivity index (χ3v) is 6.51. The summed E-state index contributed by atoms with van der Waals surface area (Å²) in [6, 6.07) is 15.9. The lowest BCUT2D eigenvalue weighted by molar-refractivity contribution is 0.209. The number of hydrogen-bond acceptors (Lipinski definition) is 4. The van der Waals surface area contributed by atoms with Gasteiger partial charge < -0.3 is 9.47 Å². The van der Waals surface area contributed by atoms with Crippen LogP contribution in [0.3, 0.4) is 0 Å². The molecule has 1 saturated carbocycles. The molecule has 3 aromatic rings. The van der Waals surface area contributed by atoms with Crippen molar-refractivity contribution < 1.29 is 9.47 Å². The number of ether oxygens (including phenoxy) is 2. The zero-order valence-electron chi connectivity index (χ0n) is 15.9. The van der Waals surface area contributed by atoms with Crippen molar-refractivity contribution in [3.63, 3.8) is 0 Å². The van der Waals surface area contributed by atoms with E-state index in [-0.39, 0.29) is 0 Å². The van der Waals surface area contributed by atoms with E-state index in [2.05, 4.69) is 18.0 Å². The van der Waals surface area contributed by atoms with Gasteiger partial charge in [0.15, 0.2) is 0 Å². The molecule has 27 heavy (non-hydrogen) atoms. The van der Waals surface area contributed by atoms with Crippen molar-refractivity contribution in [3.05, 3.63) is 48.5 Å². The lowest BCUT2D eigenvalue weighted by Crippen LogP contribution is -2.17. The Morgan fingerprint density at radius 1 is 1.00 bits per heavy atom. The molecule has 0 aliphatic heterocycles. The predicted molar refractivity (Wildman–Crippen MR) is 112 cm³/mol. The Kier molecular flexibility index (Phi) is 5.93. The Labute approximate surface area is 165 Å². The minimum atomic E-state index is 0.672. The standard InChI is InChI=1S/C23H27NO2S/c1-17(18-7-3-2-4-8-18)15-16-25-19-11-13-20(14-12-19)26-23-24-21-9-5-6-10-22(21)27-23/h5-6,9-14,17-18H,2-4,7-8,15-16H2,1H3. The highest BCUT2D eigenvalue weighted by Crippen LogP contribution is 2.33. The first kappa shape index (κ1) is 18.3. The number of hydrogen-bond donors (Lipinski definition) is 0. The normalized spacial score (nSPS) is 16.3. The Balaban J connectivity index is 1.27. The SMILES string of the molecule is CC(CCOc1ccc(Oc2nc3ccccc3s2)cc1)C1CCCCC1. The zero-order valence-corrected chi connectivity index (χ0v) is 16.7. The summed E-state index contributed by atoms with van der Waals surface area (Å²) in [4.78, 5) is 4.51. The highest BCUT2D eigenvalue weighted by atomic mass is 32.1. The van der Waals surface area contributed by atoms with Crippen molar-refractivity contribution in [3.8, 4) is 16.7 Å². The first-order valence-electron chi connectivity index (χ1n) is 10.0. The van der Waals surface area contributed by atoms with Crippen LogP contribution in [0.25, 0.3) is 10.2 Å². The van der Waals surface area contributed by atoms with Gasteiger partial charge in [0.2, 0.25) is 0 Å². The molecular weight excluding hydrogens is 354 g/mol. The average Bonchev–Trinajstić information content (AvgIpc) is 3.12. The fourth-order valence-electron chi connectivity index (χ4n) is 3.90. The number of thiazole rings is 1. The summed E-state index contributed by atoms with van der Waals surface area (Å²) in [5, 5.41) is 0.672. The second-order valence-corrected chi connectivity index (χ2v) is 8.53. The van der Waals surface area contributed by atoms with E-state index in [0.717, 1.165) is 46.6 Å². The summed E-state index contributed by atoms with van der Waals surface area (Å²) in [7, 11) is 0. The molecular formula is C23H27NO2S. The van der Waals surface area contributed by atoms with E-state index < -0.39 is 0 Å². The lowest BCUT2D eigenvalue weighted by atomic mass is 9.80. The number of aromatic nitrogens is 1. The van der Waals surface area contributed by atoms with E-state index in [1.54, 1.807) is 11.3 Å². The van der Waals surface area contributed by atoms with Gasteiger partial charge in [0, 0.05) is 0 Å².